The first-order valence-corrected chi connectivity index (χ1v) is 6.96. The molecule has 0 spiro atoms. The zero-order chi connectivity index (χ0) is 12.3. The number of rotatable bonds is 4. The standard InChI is InChI=1S/C14H25N3/c1-4-12-10-13(17(3)16-12)14(15-2)11-8-6-5-7-9-11/h10-11,14-15H,4-9H2,1-3H3. The van der Waals surface area contributed by atoms with Gasteiger partial charge in [0.1, 0.15) is 0 Å². The third-order valence-electron chi connectivity index (χ3n) is 4.08. The van der Waals surface area contributed by atoms with Crippen molar-refractivity contribution in [1.29, 1.82) is 0 Å². The summed E-state index contributed by atoms with van der Waals surface area (Å²) in [5.74, 6) is 0.786. The summed E-state index contributed by atoms with van der Waals surface area (Å²) >= 11 is 0. The molecule has 1 fully saturated rings. The Labute approximate surface area is 105 Å². The molecule has 17 heavy (non-hydrogen) atoms. The lowest BCUT2D eigenvalue weighted by Gasteiger charge is -2.30. The normalized spacial score (nSPS) is 19.5. The molecule has 1 unspecified atom stereocenters. The first kappa shape index (κ1) is 12.6. The highest BCUT2D eigenvalue weighted by Gasteiger charge is 2.26. The highest BCUT2D eigenvalue weighted by atomic mass is 15.3. The van der Waals surface area contributed by atoms with Gasteiger partial charge in [0.2, 0.25) is 0 Å². The molecule has 0 aromatic carbocycles. The second kappa shape index (κ2) is 5.67. The minimum absolute atomic E-state index is 0.480. The Morgan fingerprint density at radius 3 is 2.65 bits per heavy atom. The van der Waals surface area contributed by atoms with E-state index in [1.54, 1.807) is 0 Å². The summed E-state index contributed by atoms with van der Waals surface area (Å²) in [5.41, 5.74) is 2.56. The van der Waals surface area contributed by atoms with Gasteiger partial charge in [0, 0.05) is 7.05 Å². The van der Waals surface area contributed by atoms with Crippen LogP contribution in [0.2, 0.25) is 0 Å². The van der Waals surface area contributed by atoms with Crippen molar-refractivity contribution in [1.82, 2.24) is 15.1 Å². The van der Waals surface area contributed by atoms with Gasteiger partial charge in [-0.2, -0.15) is 5.10 Å². The fourth-order valence-corrected chi connectivity index (χ4v) is 3.10. The van der Waals surface area contributed by atoms with Crippen LogP contribution >= 0.6 is 0 Å². The van der Waals surface area contributed by atoms with Gasteiger partial charge in [-0.1, -0.05) is 26.2 Å². The number of aryl methyl sites for hydroxylation is 2. The van der Waals surface area contributed by atoms with Gasteiger partial charge in [0.15, 0.2) is 0 Å². The molecule has 1 aromatic rings. The summed E-state index contributed by atoms with van der Waals surface area (Å²) < 4.78 is 2.06. The van der Waals surface area contributed by atoms with Gasteiger partial charge in [0.25, 0.3) is 0 Å². The van der Waals surface area contributed by atoms with Crippen LogP contribution in [0.1, 0.15) is 56.5 Å². The Kier molecular flexibility index (Phi) is 4.21. The SMILES string of the molecule is CCc1cc(C(NC)C2CCCCC2)n(C)n1. The van der Waals surface area contributed by atoms with E-state index in [-0.39, 0.29) is 0 Å². The summed E-state index contributed by atoms with van der Waals surface area (Å²) in [6.07, 6.45) is 7.94. The Balaban J connectivity index is 2.18. The zero-order valence-corrected chi connectivity index (χ0v) is 11.4. The molecule has 1 aliphatic carbocycles. The Hall–Kier alpha value is -0.830. The molecule has 1 saturated carbocycles. The van der Waals surface area contributed by atoms with Crippen LogP contribution in [0.4, 0.5) is 0 Å². The van der Waals surface area contributed by atoms with E-state index in [4.69, 9.17) is 0 Å². The van der Waals surface area contributed by atoms with Crippen LogP contribution in [0.5, 0.6) is 0 Å². The van der Waals surface area contributed by atoms with Gasteiger partial charge in [-0.3, -0.25) is 4.68 Å². The van der Waals surface area contributed by atoms with Crippen molar-refractivity contribution in [2.45, 2.75) is 51.5 Å². The van der Waals surface area contributed by atoms with E-state index >= 15 is 0 Å². The van der Waals surface area contributed by atoms with Gasteiger partial charge >= 0.3 is 0 Å². The van der Waals surface area contributed by atoms with Crippen LogP contribution in [0.25, 0.3) is 0 Å². The Morgan fingerprint density at radius 1 is 1.41 bits per heavy atom. The highest BCUT2D eigenvalue weighted by molar-refractivity contribution is 5.15. The van der Waals surface area contributed by atoms with E-state index in [0.717, 1.165) is 12.3 Å². The van der Waals surface area contributed by atoms with Crippen molar-refractivity contribution >= 4 is 0 Å². The van der Waals surface area contributed by atoms with Crippen molar-refractivity contribution in [3.63, 3.8) is 0 Å². The summed E-state index contributed by atoms with van der Waals surface area (Å²) in [6, 6.07) is 2.75. The molecule has 1 aliphatic rings. The predicted molar refractivity (Wildman–Crippen MR) is 71.0 cm³/mol. The van der Waals surface area contributed by atoms with E-state index in [2.05, 4.69) is 42.2 Å². The lowest BCUT2D eigenvalue weighted by molar-refractivity contribution is 0.273. The molecule has 0 aliphatic heterocycles. The number of nitrogens with zero attached hydrogens (tertiary/aromatic N) is 2. The number of nitrogens with one attached hydrogen (secondary N) is 1. The van der Waals surface area contributed by atoms with Crippen LogP contribution < -0.4 is 5.32 Å². The zero-order valence-electron chi connectivity index (χ0n) is 11.4. The Bertz CT molecular complexity index is 350. The van der Waals surface area contributed by atoms with E-state index in [9.17, 15) is 0 Å². The molecular formula is C14H25N3. The molecule has 3 nitrogen and oxygen atoms in total. The van der Waals surface area contributed by atoms with Crippen LogP contribution in [-0.4, -0.2) is 16.8 Å². The van der Waals surface area contributed by atoms with E-state index in [1.165, 1.54) is 43.5 Å². The van der Waals surface area contributed by atoms with E-state index in [1.807, 2.05) is 0 Å². The topological polar surface area (TPSA) is 29.9 Å². The molecule has 3 heteroatoms. The van der Waals surface area contributed by atoms with Gasteiger partial charge < -0.3 is 5.32 Å². The third kappa shape index (κ3) is 2.71. The minimum Gasteiger partial charge on any atom is -0.311 e. The average molecular weight is 235 g/mol. The molecule has 0 radical (unpaired) electrons. The van der Waals surface area contributed by atoms with Gasteiger partial charge in [-0.15, -0.1) is 0 Å². The lowest BCUT2D eigenvalue weighted by atomic mass is 9.82. The fraction of sp³-hybridized carbons (Fsp3) is 0.786. The van der Waals surface area contributed by atoms with E-state index in [0.29, 0.717) is 6.04 Å². The monoisotopic (exact) mass is 235 g/mol. The molecule has 1 aromatic heterocycles. The molecule has 96 valence electrons. The second-order valence-corrected chi connectivity index (χ2v) is 5.20. The molecule has 0 bridgehead atoms. The number of hydrogen-bond donors (Lipinski definition) is 1. The lowest BCUT2D eigenvalue weighted by Crippen LogP contribution is -2.28. The first-order valence-electron chi connectivity index (χ1n) is 6.96. The molecule has 1 atom stereocenters. The van der Waals surface area contributed by atoms with E-state index < -0.39 is 0 Å². The van der Waals surface area contributed by atoms with Crippen LogP contribution in [-0.2, 0) is 13.5 Å². The van der Waals surface area contributed by atoms with Crippen molar-refractivity contribution < 1.29 is 0 Å². The highest BCUT2D eigenvalue weighted by Crippen LogP contribution is 2.34. The number of aromatic nitrogens is 2. The molecule has 1 N–H and O–H groups in total. The summed E-state index contributed by atoms with van der Waals surface area (Å²) in [5, 5.41) is 8.07. The minimum atomic E-state index is 0.480. The third-order valence-corrected chi connectivity index (χ3v) is 4.08. The molecule has 0 saturated heterocycles. The summed E-state index contributed by atoms with van der Waals surface area (Å²) in [4.78, 5) is 0. The van der Waals surface area contributed by atoms with Crippen molar-refractivity contribution in [3.8, 4) is 0 Å². The fourth-order valence-electron chi connectivity index (χ4n) is 3.10. The van der Waals surface area contributed by atoms with Crippen molar-refractivity contribution in [2.75, 3.05) is 7.05 Å². The van der Waals surface area contributed by atoms with Crippen molar-refractivity contribution in [2.24, 2.45) is 13.0 Å². The van der Waals surface area contributed by atoms with Crippen molar-refractivity contribution in [3.05, 3.63) is 17.5 Å². The Morgan fingerprint density at radius 2 is 2.12 bits per heavy atom. The van der Waals surface area contributed by atoms with Crippen LogP contribution in [0.15, 0.2) is 6.07 Å². The van der Waals surface area contributed by atoms with Crippen LogP contribution in [0.3, 0.4) is 0 Å². The van der Waals surface area contributed by atoms with Gasteiger partial charge in [-0.05, 0) is 38.3 Å². The maximum Gasteiger partial charge on any atom is 0.0625 e. The molecular weight excluding hydrogens is 210 g/mol. The maximum atomic E-state index is 4.57. The predicted octanol–water partition coefficient (Wildman–Crippen LogP) is 2.82. The van der Waals surface area contributed by atoms with Crippen LogP contribution in [0, 0.1) is 5.92 Å². The maximum absolute atomic E-state index is 4.57. The smallest absolute Gasteiger partial charge is 0.0625 e. The molecule has 1 heterocycles. The second-order valence-electron chi connectivity index (χ2n) is 5.20. The molecule has 0 amide bonds. The largest absolute Gasteiger partial charge is 0.311 e. The molecule has 2 rings (SSSR count). The van der Waals surface area contributed by atoms with Gasteiger partial charge in [-0.25, -0.2) is 0 Å². The number of hydrogen-bond acceptors (Lipinski definition) is 2. The average Bonchev–Trinajstić information content (AvgIpc) is 2.73. The summed E-state index contributed by atoms with van der Waals surface area (Å²) in [7, 11) is 4.15. The van der Waals surface area contributed by atoms with Gasteiger partial charge in [0.05, 0.1) is 17.4 Å². The first-order chi connectivity index (χ1) is 8.26. The summed E-state index contributed by atoms with van der Waals surface area (Å²) in [6.45, 7) is 2.17. The quantitative estimate of drug-likeness (QED) is 0.869.